The van der Waals surface area contributed by atoms with Gasteiger partial charge in [-0.2, -0.15) is 4.98 Å². The van der Waals surface area contributed by atoms with Gasteiger partial charge in [0.25, 0.3) is 0 Å². The molecule has 2 N–H and O–H groups in total. The van der Waals surface area contributed by atoms with Crippen molar-refractivity contribution in [3.63, 3.8) is 0 Å². The second kappa shape index (κ2) is 8.51. The average Bonchev–Trinajstić information content (AvgIpc) is 3.55. The van der Waals surface area contributed by atoms with Crippen molar-refractivity contribution in [3.05, 3.63) is 36.0 Å². The smallest absolute Gasteiger partial charge is 0.238 e. The highest BCUT2D eigenvalue weighted by molar-refractivity contribution is 5.92. The summed E-state index contributed by atoms with van der Waals surface area (Å²) in [5.74, 6) is 3.15. The van der Waals surface area contributed by atoms with Gasteiger partial charge in [-0.15, -0.1) is 12.4 Å². The molecular weight excluding hydrogens is 356 g/mol. The molecule has 0 radical (unpaired) electrons. The van der Waals surface area contributed by atoms with E-state index < -0.39 is 0 Å². The van der Waals surface area contributed by atoms with E-state index in [9.17, 15) is 4.79 Å². The van der Waals surface area contributed by atoms with Gasteiger partial charge >= 0.3 is 0 Å². The molecule has 2 saturated carbocycles. The molecule has 7 nitrogen and oxygen atoms in total. The zero-order chi connectivity index (χ0) is 17.1. The highest BCUT2D eigenvalue weighted by Crippen LogP contribution is 2.38. The molecule has 4 rings (SSSR count). The lowest BCUT2D eigenvalue weighted by molar-refractivity contribution is -0.115. The number of aromatic nitrogens is 2. The monoisotopic (exact) mass is 378 g/mol. The van der Waals surface area contributed by atoms with Crippen LogP contribution in [-0.2, 0) is 11.4 Å². The Hall–Kier alpha value is -2.12. The maximum Gasteiger partial charge on any atom is 0.238 e. The minimum Gasteiger partial charge on any atom is -0.485 e. The number of nitrogens with zero attached hydrogens (tertiary/aromatic N) is 2. The van der Waals surface area contributed by atoms with Gasteiger partial charge in [-0.1, -0.05) is 5.16 Å². The molecule has 0 atom stereocenters. The molecule has 2 fully saturated rings. The number of hydrogen-bond donors (Lipinski definition) is 2. The molecule has 0 spiro atoms. The summed E-state index contributed by atoms with van der Waals surface area (Å²) in [6.45, 7) is 1.54. The lowest BCUT2D eigenvalue weighted by Crippen LogP contribution is -2.29. The van der Waals surface area contributed by atoms with Gasteiger partial charge in [0.1, 0.15) is 5.75 Å². The number of rotatable bonds is 9. The molecule has 2 aromatic rings. The lowest BCUT2D eigenvalue weighted by atomic mass is 10.3. The van der Waals surface area contributed by atoms with Crippen LogP contribution in [0.25, 0.3) is 0 Å². The first kappa shape index (κ1) is 18.7. The Morgan fingerprint density at radius 1 is 1.19 bits per heavy atom. The molecule has 140 valence electrons. The first-order chi connectivity index (χ1) is 12.3. The van der Waals surface area contributed by atoms with Crippen molar-refractivity contribution < 1.29 is 14.1 Å². The number of carbonyl (C=O) groups excluding carboxylic acids is 1. The summed E-state index contributed by atoms with van der Waals surface area (Å²) in [6.07, 6.45) is 4.82. The number of ether oxygens (including phenoxy) is 1. The zero-order valence-electron chi connectivity index (χ0n) is 14.4. The maximum atomic E-state index is 11.8. The Balaban J connectivity index is 0.00000196. The molecule has 26 heavy (non-hydrogen) atoms. The van der Waals surface area contributed by atoms with Crippen LogP contribution in [0.5, 0.6) is 5.75 Å². The van der Waals surface area contributed by atoms with Crippen LogP contribution in [0.15, 0.2) is 28.8 Å². The number of anilines is 1. The lowest BCUT2D eigenvalue weighted by Gasteiger charge is -2.08. The largest absolute Gasteiger partial charge is 0.485 e. The van der Waals surface area contributed by atoms with E-state index in [0.29, 0.717) is 29.9 Å². The molecule has 8 heteroatoms. The highest BCUT2D eigenvalue weighted by Gasteiger charge is 2.29. The van der Waals surface area contributed by atoms with Crippen molar-refractivity contribution in [2.45, 2.75) is 38.2 Å². The fourth-order valence-electron chi connectivity index (χ4n) is 2.52. The van der Waals surface area contributed by atoms with Gasteiger partial charge < -0.3 is 19.9 Å². The van der Waals surface area contributed by atoms with E-state index in [1.807, 2.05) is 24.3 Å². The molecule has 2 aliphatic rings. The Morgan fingerprint density at radius 2 is 1.96 bits per heavy atom. The summed E-state index contributed by atoms with van der Waals surface area (Å²) in [7, 11) is 0. The van der Waals surface area contributed by atoms with Gasteiger partial charge in [0, 0.05) is 11.6 Å². The normalized spacial score (nSPS) is 16.0. The van der Waals surface area contributed by atoms with Crippen LogP contribution in [0, 0.1) is 5.92 Å². The third-order valence-corrected chi connectivity index (χ3v) is 4.33. The minimum atomic E-state index is -0.0336. The van der Waals surface area contributed by atoms with Gasteiger partial charge in [-0.05, 0) is 62.4 Å². The van der Waals surface area contributed by atoms with Crippen LogP contribution in [0.4, 0.5) is 5.69 Å². The molecule has 1 heterocycles. The third kappa shape index (κ3) is 5.44. The summed E-state index contributed by atoms with van der Waals surface area (Å²) in [6, 6.07) is 7.27. The Morgan fingerprint density at radius 3 is 2.65 bits per heavy atom. The predicted molar refractivity (Wildman–Crippen MR) is 98.5 cm³/mol. The number of carbonyl (C=O) groups is 1. The number of hydrogen-bond acceptors (Lipinski definition) is 6. The molecule has 1 aromatic carbocycles. The Kier molecular flexibility index (Phi) is 6.11. The van der Waals surface area contributed by atoms with Crippen LogP contribution in [-0.4, -0.2) is 29.1 Å². The minimum absolute atomic E-state index is 0. The SMILES string of the molecule is Cl.O=C(CNCC1CC1)Nc1ccc(OCc2noc(C3CC3)n2)cc1. The molecule has 0 unspecified atom stereocenters. The molecular formula is C18H23ClN4O3. The first-order valence-electron chi connectivity index (χ1n) is 8.82. The summed E-state index contributed by atoms with van der Waals surface area (Å²) >= 11 is 0. The Labute approximate surface area is 158 Å². The quantitative estimate of drug-likeness (QED) is 0.697. The third-order valence-electron chi connectivity index (χ3n) is 4.33. The van der Waals surface area contributed by atoms with Gasteiger partial charge in [-0.3, -0.25) is 4.79 Å². The fourth-order valence-corrected chi connectivity index (χ4v) is 2.52. The highest BCUT2D eigenvalue weighted by atomic mass is 35.5. The van der Waals surface area contributed by atoms with Crippen LogP contribution in [0.1, 0.15) is 43.3 Å². The molecule has 1 amide bonds. The fraction of sp³-hybridized carbons (Fsp3) is 0.500. The molecule has 0 aliphatic heterocycles. The van der Waals surface area contributed by atoms with Crippen LogP contribution in [0.3, 0.4) is 0 Å². The van der Waals surface area contributed by atoms with E-state index in [0.717, 1.165) is 31.0 Å². The first-order valence-corrected chi connectivity index (χ1v) is 8.82. The maximum absolute atomic E-state index is 11.8. The predicted octanol–water partition coefficient (Wildman–Crippen LogP) is 2.89. The van der Waals surface area contributed by atoms with Crippen LogP contribution < -0.4 is 15.4 Å². The van der Waals surface area contributed by atoms with Crippen molar-refractivity contribution in [3.8, 4) is 5.75 Å². The molecule has 1 aromatic heterocycles. The van der Waals surface area contributed by atoms with Crippen molar-refractivity contribution in [2.24, 2.45) is 5.92 Å². The summed E-state index contributed by atoms with van der Waals surface area (Å²) < 4.78 is 10.8. The topological polar surface area (TPSA) is 89.3 Å². The zero-order valence-corrected chi connectivity index (χ0v) is 15.3. The summed E-state index contributed by atoms with van der Waals surface area (Å²) in [4.78, 5) is 16.2. The molecule has 2 aliphatic carbocycles. The van der Waals surface area contributed by atoms with Crippen molar-refractivity contribution in [1.29, 1.82) is 0 Å². The van der Waals surface area contributed by atoms with E-state index in [4.69, 9.17) is 9.26 Å². The van der Waals surface area contributed by atoms with Gasteiger partial charge in [-0.25, -0.2) is 0 Å². The van der Waals surface area contributed by atoms with Crippen molar-refractivity contribution >= 4 is 24.0 Å². The second-order valence-electron chi connectivity index (χ2n) is 6.76. The standard InChI is InChI=1S/C18H22N4O3.ClH/c23-17(10-19-9-12-1-2-12)20-14-5-7-15(8-6-14)24-11-16-21-18(25-22-16)13-3-4-13;/h5-8,12-13,19H,1-4,9-11H2,(H,20,23);1H. The van der Waals surface area contributed by atoms with Gasteiger partial charge in [0.2, 0.25) is 17.6 Å². The number of nitrogens with one attached hydrogen (secondary N) is 2. The van der Waals surface area contributed by atoms with Gasteiger partial charge in [0.05, 0.1) is 6.54 Å². The van der Waals surface area contributed by atoms with E-state index >= 15 is 0 Å². The van der Waals surface area contributed by atoms with E-state index in [2.05, 4.69) is 20.8 Å². The average molecular weight is 379 g/mol. The van der Waals surface area contributed by atoms with Crippen molar-refractivity contribution in [2.75, 3.05) is 18.4 Å². The van der Waals surface area contributed by atoms with Crippen molar-refractivity contribution in [1.82, 2.24) is 15.5 Å². The van der Waals surface area contributed by atoms with Crippen LogP contribution >= 0.6 is 12.4 Å². The number of benzene rings is 1. The molecule has 0 bridgehead atoms. The number of halogens is 1. The van der Waals surface area contributed by atoms with Gasteiger partial charge in [0.15, 0.2) is 6.61 Å². The number of amides is 1. The van der Waals surface area contributed by atoms with E-state index in [1.54, 1.807) is 0 Å². The van der Waals surface area contributed by atoms with E-state index in [-0.39, 0.29) is 24.9 Å². The molecule has 0 saturated heterocycles. The second-order valence-corrected chi connectivity index (χ2v) is 6.76. The van der Waals surface area contributed by atoms with Crippen LogP contribution in [0.2, 0.25) is 0 Å². The van der Waals surface area contributed by atoms with E-state index in [1.165, 1.54) is 12.8 Å². The summed E-state index contributed by atoms with van der Waals surface area (Å²) in [5.41, 5.74) is 0.751. The summed E-state index contributed by atoms with van der Waals surface area (Å²) in [5, 5.41) is 9.95. The Bertz CT molecular complexity index is 726.